The minimum Gasteiger partial charge on any atom is -0.497 e. The molecule has 0 aromatic heterocycles. The predicted octanol–water partition coefficient (Wildman–Crippen LogP) is 4.56. The molecule has 0 saturated heterocycles. The molecule has 2 aromatic rings. The highest BCUT2D eigenvalue weighted by Crippen LogP contribution is 2.24. The van der Waals surface area contributed by atoms with Gasteiger partial charge in [-0.05, 0) is 42.7 Å². The molecular formula is C24H35IN4O3. The van der Waals surface area contributed by atoms with Crippen molar-refractivity contribution in [2.75, 3.05) is 26.1 Å². The van der Waals surface area contributed by atoms with Crippen molar-refractivity contribution < 1.29 is 14.3 Å². The molecule has 2 aromatic carbocycles. The molecule has 0 bridgehead atoms. The smallest absolute Gasteiger partial charge is 0.224 e. The zero-order valence-corrected chi connectivity index (χ0v) is 21.9. The van der Waals surface area contributed by atoms with Crippen LogP contribution in [0.3, 0.4) is 0 Å². The Kier molecular flexibility index (Phi) is 12.5. The second-order valence-electron chi connectivity index (χ2n) is 7.57. The standard InChI is InChI=1S/C24H34N4O3.HI/c1-6-25-24(27-16-19-10-11-21(30-4)14-22(19)31-5)26-15-18-8-7-9-20(13-18)28-23(29)12-17(2)3;/h7-11,13-14,17H,6,12,15-16H2,1-5H3,(H,28,29)(H2,25,26,27);1H. The van der Waals surface area contributed by atoms with Gasteiger partial charge >= 0.3 is 0 Å². The lowest BCUT2D eigenvalue weighted by Crippen LogP contribution is -2.36. The van der Waals surface area contributed by atoms with Crippen LogP contribution < -0.4 is 25.4 Å². The summed E-state index contributed by atoms with van der Waals surface area (Å²) in [7, 11) is 3.28. The van der Waals surface area contributed by atoms with E-state index in [2.05, 4.69) is 20.9 Å². The number of ether oxygens (including phenoxy) is 2. The van der Waals surface area contributed by atoms with Crippen LogP contribution in [0, 0.1) is 5.92 Å². The third-order valence-corrected chi connectivity index (χ3v) is 4.51. The Hall–Kier alpha value is -2.49. The quantitative estimate of drug-likeness (QED) is 0.228. The average Bonchev–Trinajstić information content (AvgIpc) is 2.75. The van der Waals surface area contributed by atoms with Gasteiger partial charge in [-0.1, -0.05) is 26.0 Å². The number of nitrogens with one attached hydrogen (secondary N) is 3. The predicted molar refractivity (Wildman–Crippen MR) is 141 cm³/mol. The summed E-state index contributed by atoms with van der Waals surface area (Å²) in [6.45, 7) is 7.88. The molecule has 0 aliphatic rings. The van der Waals surface area contributed by atoms with Gasteiger partial charge in [-0.2, -0.15) is 0 Å². The molecule has 0 fully saturated rings. The normalized spacial score (nSPS) is 10.9. The van der Waals surface area contributed by atoms with Crippen molar-refractivity contribution >= 4 is 41.5 Å². The molecule has 0 unspecified atom stereocenters. The highest BCUT2D eigenvalue weighted by molar-refractivity contribution is 14.0. The molecule has 0 saturated carbocycles. The van der Waals surface area contributed by atoms with E-state index in [1.807, 2.05) is 63.2 Å². The number of nitrogens with zero attached hydrogens (tertiary/aromatic N) is 1. The van der Waals surface area contributed by atoms with Gasteiger partial charge in [-0.3, -0.25) is 4.79 Å². The lowest BCUT2D eigenvalue weighted by atomic mass is 10.1. The van der Waals surface area contributed by atoms with Crippen LogP contribution in [0.25, 0.3) is 0 Å². The number of halogens is 1. The maximum Gasteiger partial charge on any atom is 0.224 e. The first-order chi connectivity index (χ1) is 14.9. The Bertz CT molecular complexity index is 887. The minimum atomic E-state index is 0. The van der Waals surface area contributed by atoms with Crippen molar-refractivity contribution in [1.29, 1.82) is 0 Å². The van der Waals surface area contributed by atoms with Gasteiger partial charge in [0.15, 0.2) is 5.96 Å². The fraction of sp³-hybridized carbons (Fsp3) is 0.417. The number of rotatable bonds is 10. The molecule has 2 rings (SSSR count). The van der Waals surface area contributed by atoms with E-state index in [-0.39, 0.29) is 29.9 Å². The van der Waals surface area contributed by atoms with Gasteiger partial charge in [0.1, 0.15) is 11.5 Å². The van der Waals surface area contributed by atoms with E-state index in [9.17, 15) is 4.79 Å². The van der Waals surface area contributed by atoms with Crippen molar-refractivity contribution in [2.24, 2.45) is 10.9 Å². The first kappa shape index (κ1) is 27.5. The van der Waals surface area contributed by atoms with Gasteiger partial charge in [-0.25, -0.2) is 4.99 Å². The van der Waals surface area contributed by atoms with Crippen LogP contribution in [0.2, 0.25) is 0 Å². The average molecular weight is 554 g/mol. The van der Waals surface area contributed by atoms with E-state index >= 15 is 0 Å². The molecule has 0 radical (unpaired) electrons. The number of amides is 1. The summed E-state index contributed by atoms with van der Waals surface area (Å²) >= 11 is 0. The van der Waals surface area contributed by atoms with Crippen LogP contribution in [-0.4, -0.2) is 32.6 Å². The summed E-state index contributed by atoms with van der Waals surface area (Å²) in [6.07, 6.45) is 0.506. The van der Waals surface area contributed by atoms with E-state index in [0.717, 1.165) is 34.9 Å². The van der Waals surface area contributed by atoms with Gasteiger partial charge in [0.05, 0.1) is 20.8 Å². The Labute approximate surface area is 208 Å². The SMILES string of the molecule is CCNC(=NCc1cccc(NC(=O)CC(C)C)c1)NCc1ccc(OC)cc1OC.I. The molecule has 3 N–H and O–H groups in total. The van der Waals surface area contributed by atoms with E-state index in [4.69, 9.17) is 9.47 Å². The Morgan fingerprint density at radius 1 is 1.06 bits per heavy atom. The summed E-state index contributed by atoms with van der Waals surface area (Å²) < 4.78 is 10.7. The monoisotopic (exact) mass is 554 g/mol. The van der Waals surface area contributed by atoms with Gasteiger partial charge in [0.25, 0.3) is 0 Å². The lowest BCUT2D eigenvalue weighted by Gasteiger charge is -2.14. The van der Waals surface area contributed by atoms with Crippen molar-refractivity contribution in [1.82, 2.24) is 10.6 Å². The number of anilines is 1. The van der Waals surface area contributed by atoms with Crippen molar-refractivity contribution in [3.05, 3.63) is 53.6 Å². The summed E-state index contributed by atoms with van der Waals surface area (Å²) in [5.41, 5.74) is 2.81. The van der Waals surface area contributed by atoms with Crippen LogP contribution in [0.15, 0.2) is 47.5 Å². The molecular weight excluding hydrogens is 519 g/mol. The number of hydrogen-bond donors (Lipinski definition) is 3. The maximum absolute atomic E-state index is 12.0. The van der Waals surface area contributed by atoms with Crippen LogP contribution in [0.4, 0.5) is 5.69 Å². The van der Waals surface area contributed by atoms with Crippen molar-refractivity contribution in [3.63, 3.8) is 0 Å². The molecule has 0 aliphatic heterocycles. The van der Waals surface area contributed by atoms with Gasteiger partial charge in [0, 0.05) is 36.8 Å². The molecule has 0 heterocycles. The third-order valence-electron chi connectivity index (χ3n) is 4.51. The number of benzene rings is 2. The van der Waals surface area contributed by atoms with Crippen molar-refractivity contribution in [3.8, 4) is 11.5 Å². The fourth-order valence-electron chi connectivity index (χ4n) is 3.02. The maximum atomic E-state index is 12.0. The Balaban J connectivity index is 0.00000512. The first-order valence-corrected chi connectivity index (χ1v) is 10.6. The van der Waals surface area contributed by atoms with Crippen LogP contribution in [0.1, 0.15) is 38.3 Å². The van der Waals surface area contributed by atoms with E-state index in [1.54, 1.807) is 14.2 Å². The summed E-state index contributed by atoms with van der Waals surface area (Å²) in [4.78, 5) is 16.7. The molecule has 8 heteroatoms. The molecule has 1 amide bonds. The minimum absolute atomic E-state index is 0. The third kappa shape index (κ3) is 9.33. The highest BCUT2D eigenvalue weighted by Gasteiger charge is 2.08. The van der Waals surface area contributed by atoms with Gasteiger partial charge < -0.3 is 25.4 Å². The zero-order chi connectivity index (χ0) is 22.6. The second kappa shape index (κ2) is 14.5. The topological polar surface area (TPSA) is 84.0 Å². The van der Waals surface area contributed by atoms with E-state index in [1.165, 1.54) is 0 Å². The summed E-state index contributed by atoms with van der Waals surface area (Å²) in [6, 6.07) is 13.5. The fourth-order valence-corrected chi connectivity index (χ4v) is 3.02. The highest BCUT2D eigenvalue weighted by atomic mass is 127. The van der Waals surface area contributed by atoms with Crippen LogP contribution in [0.5, 0.6) is 11.5 Å². The number of guanidine groups is 1. The van der Waals surface area contributed by atoms with Crippen LogP contribution >= 0.6 is 24.0 Å². The number of hydrogen-bond acceptors (Lipinski definition) is 4. The van der Waals surface area contributed by atoms with E-state index in [0.29, 0.717) is 31.4 Å². The number of aliphatic imine (C=N–C) groups is 1. The second-order valence-corrected chi connectivity index (χ2v) is 7.57. The first-order valence-electron chi connectivity index (χ1n) is 10.6. The number of carbonyl (C=O) groups excluding carboxylic acids is 1. The molecule has 32 heavy (non-hydrogen) atoms. The largest absolute Gasteiger partial charge is 0.497 e. The van der Waals surface area contributed by atoms with E-state index < -0.39 is 0 Å². The summed E-state index contributed by atoms with van der Waals surface area (Å²) in [5, 5.41) is 9.54. The zero-order valence-electron chi connectivity index (χ0n) is 19.5. The molecule has 7 nitrogen and oxygen atoms in total. The number of methoxy groups -OCH3 is 2. The van der Waals surface area contributed by atoms with Gasteiger partial charge in [-0.15, -0.1) is 24.0 Å². The summed E-state index contributed by atoms with van der Waals surface area (Å²) in [5.74, 6) is 2.56. The lowest BCUT2D eigenvalue weighted by molar-refractivity contribution is -0.116. The Morgan fingerprint density at radius 2 is 1.84 bits per heavy atom. The molecule has 0 spiro atoms. The van der Waals surface area contributed by atoms with Crippen LogP contribution in [-0.2, 0) is 17.9 Å². The molecule has 176 valence electrons. The van der Waals surface area contributed by atoms with Crippen molar-refractivity contribution in [2.45, 2.75) is 40.3 Å². The van der Waals surface area contributed by atoms with Gasteiger partial charge in [0.2, 0.25) is 5.91 Å². The molecule has 0 atom stereocenters. The Morgan fingerprint density at radius 3 is 2.50 bits per heavy atom. The molecule has 0 aliphatic carbocycles. The number of carbonyl (C=O) groups is 1.